The van der Waals surface area contributed by atoms with Gasteiger partial charge in [0, 0.05) is 32.9 Å². The lowest BCUT2D eigenvalue weighted by Crippen LogP contribution is -2.37. The molecule has 1 aromatic rings. The molecule has 0 saturated carbocycles. The first-order valence-electron chi connectivity index (χ1n) is 5.80. The Balaban J connectivity index is 3.13. The Kier molecular flexibility index (Phi) is 4.96. The molecule has 0 bridgehead atoms. The number of nitrogens with two attached hydrogens (primary N) is 1. The molecule has 0 aliphatic carbocycles. The molecule has 0 aliphatic rings. The molecule has 0 heterocycles. The number of carbonyl (C=O) groups is 1. The fourth-order valence-corrected chi connectivity index (χ4v) is 2.73. The summed E-state index contributed by atoms with van der Waals surface area (Å²) in [7, 11) is 2.00. The van der Waals surface area contributed by atoms with Crippen LogP contribution in [0.2, 0.25) is 0 Å². The van der Waals surface area contributed by atoms with Crippen molar-refractivity contribution in [1.82, 2.24) is 9.21 Å². The molecule has 0 saturated heterocycles. The van der Waals surface area contributed by atoms with Crippen molar-refractivity contribution in [3.05, 3.63) is 18.2 Å². The number of benzene rings is 1. The molecule has 0 radical (unpaired) electrons. The molecule has 1 amide bonds. The second kappa shape index (κ2) is 6.10. The van der Waals surface area contributed by atoms with Gasteiger partial charge in [0.25, 0.3) is 0 Å². The lowest BCUT2D eigenvalue weighted by Gasteiger charge is -2.20. The number of rotatable bonds is 5. The van der Waals surface area contributed by atoms with E-state index in [1.807, 2.05) is 0 Å². The molecule has 0 atom stereocenters. The van der Waals surface area contributed by atoms with Gasteiger partial charge in [0.15, 0.2) is 0 Å². The van der Waals surface area contributed by atoms with Crippen LogP contribution in [0.1, 0.15) is 0 Å². The number of nitrogens with zero attached hydrogens (tertiary/aromatic N) is 2. The Morgan fingerprint density at radius 2 is 1.90 bits per heavy atom. The first kappa shape index (κ1) is 16.3. The van der Waals surface area contributed by atoms with Crippen molar-refractivity contribution in [2.24, 2.45) is 0 Å². The summed E-state index contributed by atoms with van der Waals surface area (Å²) in [5.41, 5.74) is 5.99. The van der Waals surface area contributed by atoms with Crippen LogP contribution in [0, 0.1) is 0 Å². The molecule has 1 rings (SSSR count). The number of carbonyl (C=O) groups excluding carboxylic acids is 1. The highest BCUT2D eigenvalue weighted by Crippen LogP contribution is 2.28. The molecule has 1 aromatic carbocycles. The van der Waals surface area contributed by atoms with E-state index in [1.165, 1.54) is 37.3 Å². The summed E-state index contributed by atoms with van der Waals surface area (Å²) in [5, 5.41) is 0. The quantitative estimate of drug-likeness (QED) is 0.772. The van der Waals surface area contributed by atoms with Crippen molar-refractivity contribution in [3.8, 4) is 5.75 Å². The van der Waals surface area contributed by atoms with E-state index in [2.05, 4.69) is 0 Å². The Morgan fingerprint density at radius 1 is 1.30 bits per heavy atom. The van der Waals surface area contributed by atoms with Gasteiger partial charge in [-0.1, -0.05) is 0 Å². The van der Waals surface area contributed by atoms with Crippen LogP contribution < -0.4 is 10.5 Å². The van der Waals surface area contributed by atoms with Gasteiger partial charge < -0.3 is 15.4 Å². The third kappa shape index (κ3) is 3.40. The normalized spacial score (nSPS) is 11.4. The second-order valence-electron chi connectivity index (χ2n) is 4.46. The molecule has 0 unspecified atom stereocenters. The van der Waals surface area contributed by atoms with Crippen LogP contribution in [-0.4, -0.2) is 58.3 Å². The van der Waals surface area contributed by atoms with E-state index in [9.17, 15) is 13.2 Å². The minimum Gasteiger partial charge on any atom is -0.495 e. The summed E-state index contributed by atoms with van der Waals surface area (Å²) in [6.07, 6.45) is 0. The molecule has 7 nitrogen and oxygen atoms in total. The number of hydrogen-bond donors (Lipinski definition) is 1. The van der Waals surface area contributed by atoms with Gasteiger partial charge in [-0.3, -0.25) is 4.79 Å². The first-order chi connectivity index (χ1) is 9.20. The fraction of sp³-hybridized carbons (Fsp3) is 0.417. The summed E-state index contributed by atoms with van der Waals surface area (Å²) in [4.78, 5) is 12.9. The predicted octanol–water partition coefficient (Wildman–Crippen LogP) is -0.0139. The third-order valence-corrected chi connectivity index (χ3v) is 4.58. The van der Waals surface area contributed by atoms with Gasteiger partial charge in [-0.2, -0.15) is 4.31 Å². The maximum absolute atomic E-state index is 12.4. The van der Waals surface area contributed by atoms with Gasteiger partial charge in [-0.25, -0.2) is 8.42 Å². The Labute approximate surface area is 119 Å². The van der Waals surface area contributed by atoms with Gasteiger partial charge in [0.1, 0.15) is 10.6 Å². The van der Waals surface area contributed by atoms with Crippen molar-refractivity contribution < 1.29 is 17.9 Å². The maximum Gasteiger partial charge on any atom is 0.246 e. The van der Waals surface area contributed by atoms with E-state index >= 15 is 0 Å². The van der Waals surface area contributed by atoms with Crippen LogP contribution in [0.3, 0.4) is 0 Å². The number of ether oxygens (including phenoxy) is 1. The molecular weight excluding hydrogens is 282 g/mol. The van der Waals surface area contributed by atoms with E-state index in [0.29, 0.717) is 5.69 Å². The number of anilines is 1. The average Bonchev–Trinajstić information content (AvgIpc) is 2.37. The number of amides is 1. The highest BCUT2D eigenvalue weighted by Gasteiger charge is 2.26. The number of likely N-dealkylation sites (N-methyl/N-ethyl adjacent to an activating group) is 2. The lowest BCUT2D eigenvalue weighted by atomic mass is 10.3. The molecule has 8 heteroatoms. The molecular formula is C12H19N3O4S. The van der Waals surface area contributed by atoms with Gasteiger partial charge in [-0.05, 0) is 12.1 Å². The average molecular weight is 301 g/mol. The summed E-state index contributed by atoms with van der Waals surface area (Å²) < 4.78 is 30.8. The van der Waals surface area contributed by atoms with E-state index in [4.69, 9.17) is 10.5 Å². The zero-order chi connectivity index (χ0) is 15.5. The van der Waals surface area contributed by atoms with Gasteiger partial charge >= 0.3 is 0 Å². The van der Waals surface area contributed by atoms with E-state index < -0.39 is 10.0 Å². The van der Waals surface area contributed by atoms with Crippen molar-refractivity contribution in [2.75, 3.05) is 40.5 Å². The molecule has 0 aromatic heterocycles. The molecule has 20 heavy (non-hydrogen) atoms. The van der Waals surface area contributed by atoms with Crippen molar-refractivity contribution >= 4 is 21.6 Å². The minimum absolute atomic E-state index is 0.0248. The van der Waals surface area contributed by atoms with Gasteiger partial charge in [0.2, 0.25) is 15.9 Å². The van der Waals surface area contributed by atoms with Crippen molar-refractivity contribution in [2.45, 2.75) is 4.90 Å². The SMILES string of the molecule is COc1cc(N)ccc1S(=O)(=O)N(C)CC(=O)N(C)C. The summed E-state index contributed by atoms with van der Waals surface area (Å²) in [6, 6.07) is 4.26. The Hall–Kier alpha value is -1.80. The highest BCUT2D eigenvalue weighted by molar-refractivity contribution is 7.89. The van der Waals surface area contributed by atoms with Crippen LogP contribution in [-0.2, 0) is 14.8 Å². The van der Waals surface area contributed by atoms with Crippen LogP contribution in [0.15, 0.2) is 23.1 Å². The monoisotopic (exact) mass is 301 g/mol. The van der Waals surface area contributed by atoms with E-state index in [-0.39, 0.29) is 23.1 Å². The maximum atomic E-state index is 12.4. The van der Waals surface area contributed by atoms with E-state index in [0.717, 1.165) is 4.31 Å². The molecule has 112 valence electrons. The van der Waals surface area contributed by atoms with Gasteiger partial charge in [-0.15, -0.1) is 0 Å². The molecule has 0 fully saturated rings. The lowest BCUT2D eigenvalue weighted by molar-refractivity contribution is -0.128. The number of nitrogen functional groups attached to an aromatic ring is 1. The summed E-state index contributed by atoms with van der Waals surface area (Å²) in [5.74, 6) is -0.167. The van der Waals surface area contributed by atoms with Crippen LogP contribution in [0.4, 0.5) is 5.69 Å². The van der Waals surface area contributed by atoms with Crippen LogP contribution in [0.25, 0.3) is 0 Å². The standard InChI is InChI=1S/C12H19N3O4S/c1-14(2)12(16)8-15(3)20(17,18)11-6-5-9(13)7-10(11)19-4/h5-7H,8,13H2,1-4H3. The molecule has 2 N–H and O–H groups in total. The number of sulfonamides is 1. The third-order valence-electron chi connectivity index (χ3n) is 2.73. The Bertz CT molecular complexity index is 599. The molecule has 0 aliphatic heterocycles. The largest absolute Gasteiger partial charge is 0.495 e. The zero-order valence-corrected chi connectivity index (χ0v) is 12.8. The highest BCUT2D eigenvalue weighted by atomic mass is 32.2. The second-order valence-corrected chi connectivity index (χ2v) is 6.47. The molecule has 0 spiro atoms. The summed E-state index contributed by atoms with van der Waals surface area (Å²) in [6.45, 7) is -0.247. The van der Waals surface area contributed by atoms with E-state index in [1.54, 1.807) is 14.1 Å². The van der Waals surface area contributed by atoms with Crippen LogP contribution in [0.5, 0.6) is 5.75 Å². The minimum atomic E-state index is -3.82. The van der Waals surface area contributed by atoms with Gasteiger partial charge in [0.05, 0.1) is 13.7 Å². The summed E-state index contributed by atoms with van der Waals surface area (Å²) >= 11 is 0. The van der Waals surface area contributed by atoms with Crippen LogP contribution >= 0.6 is 0 Å². The smallest absolute Gasteiger partial charge is 0.246 e. The topological polar surface area (TPSA) is 92.9 Å². The first-order valence-corrected chi connectivity index (χ1v) is 7.24. The number of methoxy groups -OCH3 is 1. The van der Waals surface area contributed by atoms with Crippen molar-refractivity contribution in [1.29, 1.82) is 0 Å². The zero-order valence-electron chi connectivity index (χ0n) is 12.0. The number of hydrogen-bond acceptors (Lipinski definition) is 5. The fourth-order valence-electron chi connectivity index (χ4n) is 1.48. The predicted molar refractivity (Wildman–Crippen MR) is 75.9 cm³/mol. The van der Waals surface area contributed by atoms with Crippen molar-refractivity contribution in [3.63, 3.8) is 0 Å². The Morgan fingerprint density at radius 3 is 2.40 bits per heavy atom.